The number of aryl methyl sites for hydroxylation is 1. The molecule has 0 saturated carbocycles. The van der Waals surface area contributed by atoms with E-state index in [-0.39, 0.29) is 0 Å². The molecule has 0 fully saturated rings. The monoisotopic (exact) mass is 152 g/mol. The maximum absolute atomic E-state index is 5.31. The van der Waals surface area contributed by atoms with Crippen LogP contribution in [0.4, 0.5) is 0 Å². The largest absolute Gasteiger partial charge is 0.490 e. The predicted molar refractivity (Wildman–Crippen MR) is 43.5 cm³/mol. The minimum absolute atomic E-state index is 0.676. The van der Waals surface area contributed by atoms with E-state index in [9.17, 15) is 0 Å². The highest BCUT2D eigenvalue weighted by Crippen LogP contribution is 2.06. The summed E-state index contributed by atoms with van der Waals surface area (Å²) in [6.07, 6.45) is 6.23. The minimum atomic E-state index is 0.676. The summed E-state index contributed by atoms with van der Waals surface area (Å²) in [6, 6.07) is 0. The maximum Gasteiger partial charge on any atom is 0.157 e. The van der Waals surface area contributed by atoms with Gasteiger partial charge in [-0.15, -0.1) is 6.58 Å². The Morgan fingerprint density at radius 1 is 1.82 bits per heavy atom. The molecule has 0 unspecified atom stereocenters. The van der Waals surface area contributed by atoms with E-state index >= 15 is 0 Å². The summed E-state index contributed by atoms with van der Waals surface area (Å²) in [5.74, 6) is 0.814. The Labute approximate surface area is 66.3 Å². The van der Waals surface area contributed by atoms with Crippen molar-refractivity contribution >= 4 is 0 Å². The Morgan fingerprint density at radius 2 is 2.64 bits per heavy atom. The van der Waals surface area contributed by atoms with Gasteiger partial charge in [-0.25, -0.2) is 0 Å². The van der Waals surface area contributed by atoms with Crippen molar-refractivity contribution in [1.82, 2.24) is 9.78 Å². The van der Waals surface area contributed by atoms with Crippen LogP contribution in [-0.2, 0) is 7.05 Å². The standard InChI is InChI=1S/C8H12N2O/c1-3-4-5-11-8-6-9-10(2)7-8/h3,6-7H,1,4-5H2,2H3. The Bertz CT molecular complexity index is 230. The lowest BCUT2D eigenvalue weighted by Crippen LogP contribution is -1.93. The van der Waals surface area contributed by atoms with Crippen molar-refractivity contribution in [2.45, 2.75) is 6.42 Å². The van der Waals surface area contributed by atoms with Crippen molar-refractivity contribution in [3.8, 4) is 5.75 Å². The van der Waals surface area contributed by atoms with Gasteiger partial charge >= 0.3 is 0 Å². The topological polar surface area (TPSA) is 27.1 Å². The highest BCUT2D eigenvalue weighted by atomic mass is 16.5. The van der Waals surface area contributed by atoms with Gasteiger partial charge in [-0.3, -0.25) is 4.68 Å². The van der Waals surface area contributed by atoms with Crippen LogP contribution in [-0.4, -0.2) is 16.4 Å². The molecule has 1 heterocycles. The van der Waals surface area contributed by atoms with Crippen LogP contribution in [0.15, 0.2) is 25.0 Å². The third kappa shape index (κ3) is 2.45. The molecule has 1 aromatic heterocycles. The Balaban J connectivity index is 2.32. The fourth-order valence-corrected chi connectivity index (χ4v) is 0.733. The second kappa shape index (κ2) is 3.81. The summed E-state index contributed by atoms with van der Waals surface area (Å²) in [4.78, 5) is 0. The molecule has 60 valence electrons. The van der Waals surface area contributed by atoms with Crippen LogP contribution in [0.2, 0.25) is 0 Å². The molecule has 0 spiro atoms. The first-order chi connectivity index (χ1) is 5.33. The molecule has 0 bridgehead atoms. The number of hydrogen-bond acceptors (Lipinski definition) is 2. The molecule has 0 radical (unpaired) electrons. The van der Waals surface area contributed by atoms with Gasteiger partial charge in [-0.1, -0.05) is 6.08 Å². The van der Waals surface area contributed by atoms with Crippen molar-refractivity contribution < 1.29 is 4.74 Å². The normalized spacial score (nSPS) is 9.55. The van der Waals surface area contributed by atoms with Crippen molar-refractivity contribution in [2.24, 2.45) is 7.05 Å². The molecule has 0 saturated heterocycles. The van der Waals surface area contributed by atoms with Gasteiger partial charge in [0.05, 0.1) is 19.0 Å². The van der Waals surface area contributed by atoms with Crippen LogP contribution in [0.1, 0.15) is 6.42 Å². The molecule has 11 heavy (non-hydrogen) atoms. The molecule has 1 rings (SSSR count). The van der Waals surface area contributed by atoms with Crippen molar-refractivity contribution in [1.29, 1.82) is 0 Å². The third-order valence-electron chi connectivity index (χ3n) is 1.27. The lowest BCUT2D eigenvalue weighted by Gasteiger charge is -1.97. The fourth-order valence-electron chi connectivity index (χ4n) is 0.733. The first-order valence-corrected chi connectivity index (χ1v) is 3.55. The quantitative estimate of drug-likeness (QED) is 0.481. The zero-order valence-electron chi connectivity index (χ0n) is 6.66. The number of rotatable bonds is 4. The van der Waals surface area contributed by atoms with E-state index in [1.165, 1.54) is 0 Å². The van der Waals surface area contributed by atoms with E-state index in [0.29, 0.717) is 6.61 Å². The number of ether oxygens (including phenoxy) is 1. The predicted octanol–water partition coefficient (Wildman–Crippen LogP) is 1.38. The summed E-state index contributed by atoms with van der Waals surface area (Å²) in [6.45, 7) is 4.27. The molecule has 3 nitrogen and oxygen atoms in total. The SMILES string of the molecule is C=CCCOc1cnn(C)c1. The average Bonchev–Trinajstić information content (AvgIpc) is 2.37. The highest BCUT2D eigenvalue weighted by Gasteiger charge is 1.93. The molecule has 0 aliphatic heterocycles. The van der Waals surface area contributed by atoms with E-state index in [1.54, 1.807) is 10.9 Å². The first-order valence-electron chi connectivity index (χ1n) is 3.55. The smallest absolute Gasteiger partial charge is 0.157 e. The van der Waals surface area contributed by atoms with Gasteiger partial charge in [0, 0.05) is 7.05 Å². The van der Waals surface area contributed by atoms with Gasteiger partial charge in [0.25, 0.3) is 0 Å². The van der Waals surface area contributed by atoms with Crippen LogP contribution in [0.25, 0.3) is 0 Å². The van der Waals surface area contributed by atoms with E-state index < -0.39 is 0 Å². The van der Waals surface area contributed by atoms with Gasteiger partial charge in [-0.05, 0) is 6.42 Å². The van der Waals surface area contributed by atoms with Crippen LogP contribution in [0.5, 0.6) is 5.75 Å². The summed E-state index contributed by atoms with van der Waals surface area (Å²) in [5, 5.41) is 3.96. The number of nitrogens with zero attached hydrogens (tertiary/aromatic N) is 2. The van der Waals surface area contributed by atoms with Gasteiger partial charge in [0.1, 0.15) is 0 Å². The molecular formula is C8H12N2O. The summed E-state index contributed by atoms with van der Waals surface area (Å²) >= 11 is 0. The fraction of sp³-hybridized carbons (Fsp3) is 0.375. The zero-order chi connectivity index (χ0) is 8.10. The first kappa shape index (κ1) is 7.85. The summed E-state index contributed by atoms with van der Waals surface area (Å²) < 4.78 is 7.02. The van der Waals surface area contributed by atoms with E-state index in [1.807, 2.05) is 19.3 Å². The van der Waals surface area contributed by atoms with Crippen LogP contribution in [0, 0.1) is 0 Å². The molecule has 3 heteroatoms. The van der Waals surface area contributed by atoms with E-state index in [4.69, 9.17) is 4.74 Å². The Morgan fingerprint density at radius 3 is 3.18 bits per heavy atom. The van der Waals surface area contributed by atoms with Crippen molar-refractivity contribution in [3.05, 3.63) is 25.0 Å². The molecular weight excluding hydrogens is 140 g/mol. The minimum Gasteiger partial charge on any atom is -0.490 e. The third-order valence-corrected chi connectivity index (χ3v) is 1.27. The van der Waals surface area contributed by atoms with Gasteiger partial charge in [0.2, 0.25) is 0 Å². The van der Waals surface area contributed by atoms with Crippen molar-refractivity contribution in [3.63, 3.8) is 0 Å². The zero-order valence-corrected chi connectivity index (χ0v) is 6.66. The maximum atomic E-state index is 5.31. The molecule has 1 aromatic rings. The lowest BCUT2D eigenvalue weighted by atomic mass is 10.4. The Hall–Kier alpha value is -1.25. The second-order valence-electron chi connectivity index (χ2n) is 2.28. The van der Waals surface area contributed by atoms with E-state index in [2.05, 4.69) is 11.7 Å². The highest BCUT2D eigenvalue weighted by molar-refractivity contribution is 5.11. The molecule has 0 aliphatic rings. The van der Waals surface area contributed by atoms with Gasteiger partial charge < -0.3 is 4.74 Å². The van der Waals surface area contributed by atoms with Gasteiger partial charge in [0.15, 0.2) is 5.75 Å². The summed E-state index contributed by atoms with van der Waals surface area (Å²) in [5.41, 5.74) is 0. The van der Waals surface area contributed by atoms with Gasteiger partial charge in [-0.2, -0.15) is 5.10 Å². The second-order valence-corrected chi connectivity index (χ2v) is 2.28. The van der Waals surface area contributed by atoms with Crippen LogP contribution < -0.4 is 4.74 Å². The number of hydrogen-bond donors (Lipinski definition) is 0. The summed E-state index contributed by atoms with van der Waals surface area (Å²) in [7, 11) is 1.86. The molecule has 0 aromatic carbocycles. The Kier molecular flexibility index (Phi) is 2.72. The molecule has 0 N–H and O–H groups in total. The molecule has 0 aliphatic carbocycles. The molecule has 0 atom stereocenters. The van der Waals surface area contributed by atoms with E-state index in [0.717, 1.165) is 12.2 Å². The lowest BCUT2D eigenvalue weighted by molar-refractivity contribution is 0.325. The number of aromatic nitrogens is 2. The van der Waals surface area contributed by atoms with Crippen molar-refractivity contribution in [2.75, 3.05) is 6.61 Å². The van der Waals surface area contributed by atoms with Crippen LogP contribution in [0.3, 0.4) is 0 Å². The molecule has 0 amide bonds. The average molecular weight is 152 g/mol. The van der Waals surface area contributed by atoms with Crippen LogP contribution >= 0.6 is 0 Å².